The van der Waals surface area contributed by atoms with E-state index in [1.807, 2.05) is 12.3 Å². The molecule has 0 amide bonds. The lowest BCUT2D eigenvalue weighted by Crippen LogP contribution is -2.11. The SMILES string of the molecule is COCCn1c(-c2scc(C)c2Cl)nnc1S(=O)(=O)Cl. The molecule has 0 aliphatic heterocycles. The molecule has 0 N–H and O–H groups in total. The maximum atomic E-state index is 11.5. The van der Waals surface area contributed by atoms with Crippen molar-refractivity contribution in [3.63, 3.8) is 0 Å². The van der Waals surface area contributed by atoms with Crippen molar-refractivity contribution < 1.29 is 13.2 Å². The molecule has 2 rings (SSSR count). The Morgan fingerprint density at radius 2 is 2.15 bits per heavy atom. The Balaban J connectivity index is 2.59. The van der Waals surface area contributed by atoms with Crippen LogP contribution in [0.3, 0.4) is 0 Å². The summed E-state index contributed by atoms with van der Waals surface area (Å²) in [6.45, 7) is 2.41. The molecule has 2 aromatic heterocycles. The first kappa shape index (κ1) is 15.7. The topological polar surface area (TPSA) is 74.1 Å². The number of ether oxygens (including phenoxy) is 1. The first-order chi connectivity index (χ1) is 9.36. The molecule has 0 saturated heterocycles. The Labute approximate surface area is 129 Å². The van der Waals surface area contributed by atoms with E-state index in [0.29, 0.717) is 22.3 Å². The van der Waals surface area contributed by atoms with Gasteiger partial charge in [0, 0.05) is 17.8 Å². The van der Waals surface area contributed by atoms with Crippen LogP contribution >= 0.6 is 33.6 Å². The summed E-state index contributed by atoms with van der Waals surface area (Å²) in [5.74, 6) is 0.365. The van der Waals surface area contributed by atoms with Crippen molar-refractivity contribution in [2.75, 3.05) is 13.7 Å². The fraction of sp³-hybridized carbons (Fsp3) is 0.400. The van der Waals surface area contributed by atoms with E-state index in [0.717, 1.165) is 5.56 Å². The minimum Gasteiger partial charge on any atom is -0.383 e. The second-order valence-electron chi connectivity index (χ2n) is 3.95. The number of halogens is 2. The zero-order chi connectivity index (χ0) is 14.9. The van der Waals surface area contributed by atoms with Crippen LogP contribution in [0.5, 0.6) is 0 Å². The van der Waals surface area contributed by atoms with Crippen molar-refractivity contribution in [1.29, 1.82) is 0 Å². The Morgan fingerprint density at radius 3 is 2.65 bits per heavy atom. The number of nitrogens with zero attached hydrogens (tertiary/aromatic N) is 3. The van der Waals surface area contributed by atoms with Gasteiger partial charge in [0.2, 0.25) is 0 Å². The molecule has 0 aliphatic rings. The van der Waals surface area contributed by atoms with Crippen molar-refractivity contribution in [2.24, 2.45) is 0 Å². The summed E-state index contributed by atoms with van der Waals surface area (Å²) >= 11 is 7.56. The third-order valence-corrected chi connectivity index (χ3v) is 5.40. The van der Waals surface area contributed by atoms with Gasteiger partial charge in [-0.3, -0.25) is 4.57 Å². The molecule has 0 bridgehead atoms. The van der Waals surface area contributed by atoms with Gasteiger partial charge in [-0.2, -0.15) is 0 Å². The number of thiophene rings is 1. The zero-order valence-electron chi connectivity index (χ0n) is 10.6. The van der Waals surface area contributed by atoms with Crippen LogP contribution in [0.25, 0.3) is 10.7 Å². The van der Waals surface area contributed by atoms with E-state index < -0.39 is 9.05 Å². The maximum Gasteiger partial charge on any atom is 0.296 e. The first-order valence-corrected chi connectivity index (χ1v) is 9.03. The Kier molecular flexibility index (Phi) is 4.70. The van der Waals surface area contributed by atoms with Gasteiger partial charge in [-0.25, -0.2) is 8.42 Å². The zero-order valence-corrected chi connectivity index (χ0v) is 13.8. The molecule has 0 radical (unpaired) electrons. The van der Waals surface area contributed by atoms with Gasteiger partial charge in [0.05, 0.1) is 23.1 Å². The summed E-state index contributed by atoms with van der Waals surface area (Å²) in [4.78, 5) is 0.652. The summed E-state index contributed by atoms with van der Waals surface area (Å²) in [7, 11) is 2.89. The summed E-state index contributed by atoms with van der Waals surface area (Å²) < 4.78 is 29.4. The largest absolute Gasteiger partial charge is 0.383 e. The molecule has 0 aromatic carbocycles. The average molecular weight is 356 g/mol. The van der Waals surface area contributed by atoms with Gasteiger partial charge >= 0.3 is 0 Å². The third kappa shape index (κ3) is 2.99. The van der Waals surface area contributed by atoms with E-state index in [4.69, 9.17) is 27.0 Å². The number of methoxy groups -OCH3 is 1. The highest BCUT2D eigenvalue weighted by molar-refractivity contribution is 8.13. The van der Waals surface area contributed by atoms with E-state index in [1.54, 1.807) is 0 Å². The van der Waals surface area contributed by atoms with Gasteiger partial charge in [0.1, 0.15) is 0 Å². The monoisotopic (exact) mass is 355 g/mol. The highest BCUT2D eigenvalue weighted by atomic mass is 35.7. The van der Waals surface area contributed by atoms with Crippen molar-refractivity contribution in [1.82, 2.24) is 14.8 Å². The van der Waals surface area contributed by atoms with Gasteiger partial charge < -0.3 is 4.74 Å². The van der Waals surface area contributed by atoms with E-state index in [2.05, 4.69) is 10.2 Å². The van der Waals surface area contributed by atoms with Gasteiger partial charge in [-0.15, -0.1) is 21.5 Å². The highest BCUT2D eigenvalue weighted by Crippen LogP contribution is 2.36. The molecule has 110 valence electrons. The first-order valence-electron chi connectivity index (χ1n) is 5.47. The summed E-state index contributed by atoms with van der Waals surface area (Å²) in [5.41, 5.74) is 0.892. The molecule has 10 heteroatoms. The summed E-state index contributed by atoms with van der Waals surface area (Å²) in [6, 6.07) is 0. The van der Waals surface area contributed by atoms with E-state index in [1.165, 1.54) is 23.0 Å². The lowest BCUT2D eigenvalue weighted by molar-refractivity contribution is 0.185. The molecule has 2 aromatic rings. The Hall–Kier alpha value is -0.670. The molecular formula is C10H11Cl2N3O3S2. The fourth-order valence-electron chi connectivity index (χ4n) is 1.60. The van der Waals surface area contributed by atoms with E-state index in [-0.39, 0.29) is 11.7 Å². The standard InChI is InChI=1S/C10H11Cl2N3O3S2/c1-6-5-19-8(7(6)11)9-13-14-10(20(12,16)17)15(9)3-4-18-2/h5H,3-4H2,1-2H3. The predicted molar refractivity (Wildman–Crippen MR) is 78.0 cm³/mol. The third-order valence-electron chi connectivity index (χ3n) is 2.56. The number of hydrogen-bond donors (Lipinski definition) is 0. The minimum atomic E-state index is -3.99. The minimum absolute atomic E-state index is 0.257. The lowest BCUT2D eigenvalue weighted by Gasteiger charge is -2.07. The molecule has 0 atom stereocenters. The van der Waals surface area contributed by atoms with Crippen molar-refractivity contribution in [3.8, 4) is 10.7 Å². The second kappa shape index (κ2) is 5.98. The van der Waals surface area contributed by atoms with Crippen LogP contribution < -0.4 is 0 Å². The molecule has 0 aliphatic carbocycles. The second-order valence-corrected chi connectivity index (χ2v) is 7.67. The van der Waals surface area contributed by atoms with Crippen molar-refractivity contribution >= 4 is 42.7 Å². The van der Waals surface area contributed by atoms with Gasteiger partial charge in [0.15, 0.2) is 5.82 Å². The van der Waals surface area contributed by atoms with Crippen LogP contribution in [-0.4, -0.2) is 36.9 Å². The number of aromatic nitrogens is 3. The van der Waals surface area contributed by atoms with Crippen LogP contribution in [0.15, 0.2) is 10.5 Å². The van der Waals surface area contributed by atoms with Gasteiger partial charge in [-0.1, -0.05) is 11.6 Å². The smallest absolute Gasteiger partial charge is 0.296 e. The van der Waals surface area contributed by atoms with Crippen LogP contribution in [0.2, 0.25) is 5.02 Å². The quantitative estimate of drug-likeness (QED) is 0.770. The molecule has 2 heterocycles. The van der Waals surface area contributed by atoms with Crippen molar-refractivity contribution in [3.05, 3.63) is 16.0 Å². The molecule has 6 nitrogen and oxygen atoms in total. The maximum absolute atomic E-state index is 11.5. The van der Waals surface area contributed by atoms with Crippen LogP contribution in [0, 0.1) is 6.92 Å². The fourth-order valence-corrected chi connectivity index (χ4v) is 3.79. The normalized spacial score (nSPS) is 12.0. The Bertz CT molecular complexity index is 724. The van der Waals surface area contributed by atoms with Crippen LogP contribution in [0.1, 0.15) is 5.56 Å². The average Bonchev–Trinajstić information content (AvgIpc) is 2.91. The van der Waals surface area contributed by atoms with E-state index in [9.17, 15) is 8.42 Å². The molecule has 0 saturated carbocycles. The number of hydrogen-bond acceptors (Lipinski definition) is 6. The number of aryl methyl sites for hydroxylation is 1. The molecule has 0 fully saturated rings. The lowest BCUT2D eigenvalue weighted by atomic mass is 10.3. The molecule has 0 spiro atoms. The van der Waals surface area contributed by atoms with Crippen LogP contribution in [-0.2, 0) is 20.3 Å². The van der Waals surface area contributed by atoms with Crippen molar-refractivity contribution in [2.45, 2.75) is 18.6 Å². The summed E-state index contributed by atoms with van der Waals surface area (Å²) in [5, 5.41) is 9.63. The van der Waals surface area contributed by atoms with E-state index >= 15 is 0 Å². The molecule has 0 unspecified atom stereocenters. The summed E-state index contributed by atoms with van der Waals surface area (Å²) in [6.07, 6.45) is 0. The van der Waals surface area contributed by atoms with Crippen LogP contribution in [0.4, 0.5) is 0 Å². The predicted octanol–water partition coefficient (Wildman–Crippen LogP) is 2.54. The highest BCUT2D eigenvalue weighted by Gasteiger charge is 2.25. The molecular weight excluding hydrogens is 345 g/mol. The Morgan fingerprint density at radius 1 is 1.45 bits per heavy atom. The van der Waals surface area contributed by atoms with Gasteiger partial charge in [-0.05, 0) is 17.9 Å². The van der Waals surface area contributed by atoms with Gasteiger partial charge in [0.25, 0.3) is 14.2 Å². The molecule has 20 heavy (non-hydrogen) atoms. The number of rotatable bonds is 5.